The molecule has 112 valence electrons. The fraction of sp³-hybridized carbons (Fsp3) is 0.667. The van der Waals surface area contributed by atoms with E-state index in [1.165, 1.54) is 4.90 Å². The number of sulfone groups is 1. The van der Waals surface area contributed by atoms with Gasteiger partial charge in [-0.1, -0.05) is 5.92 Å². The lowest BCUT2D eigenvalue weighted by atomic mass is 10.1. The number of carboxylic acid groups (broad SMARTS) is 1. The van der Waals surface area contributed by atoms with Gasteiger partial charge in [0.05, 0.1) is 29.5 Å². The Bertz CT molecular complexity index is 547. The number of aliphatic carboxylic acids is 1. The molecule has 7 nitrogen and oxygen atoms in total. The molecular weight excluding hydrogens is 284 g/mol. The maximum Gasteiger partial charge on any atom is 0.318 e. The van der Waals surface area contributed by atoms with Crippen molar-refractivity contribution in [3.05, 3.63) is 0 Å². The van der Waals surface area contributed by atoms with E-state index in [9.17, 15) is 18.0 Å². The van der Waals surface area contributed by atoms with Crippen molar-refractivity contribution in [2.45, 2.75) is 31.8 Å². The van der Waals surface area contributed by atoms with Gasteiger partial charge in [0.2, 0.25) is 0 Å². The second-order valence-corrected chi connectivity index (χ2v) is 7.49. The number of terminal acetylenes is 1. The molecule has 20 heavy (non-hydrogen) atoms. The summed E-state index contributed by atoms with van der Waals surface area (Å²) in [6.45, 7) is 3.21. The minimum atomic E-state index is -3.32. The molecule has 2 amide bonds. The molecule has 1 aliphatic rings. The largest absolute Gasteiger partial charge is 0.481 e. The Morgan fingerprint density at radius 1 is 1.50 bits per heavy atom. The van der Waals surface area contributed by atoms with Gasteiger partial charge >= 0.3 is 12.0 Å². The molecule has 0 aliphatic carbocycles. The minimum absolute atomic E-state index is 0.0350. The van der Waals surface area contributed by atoms with Crippen molar-refractivity contribution in [1.29, 1.82) is 0 Å². The molecular formula is C12H18N2O5S. The average Bonchev–Trinajstić information content (AvgIpc) is 2.26. The number of carboxylic acids is 1. The topological polar surface area (TPSA) is 104 Å². The zero-order chi connectivity index (χ0) is 15.6. The van der Waals surface area contributed by atoms with Crippen molar-refractivity contribution in [3.63, 3.8) is 0 Å². The molecule has 8 heteroatoms. The average molecular weight is 302 g/mol. The molecule has 0 saturated carbocycles. The van der Waals surface area contributed by atoms with Crippen molar-refractivity contribution in [3.8, 4) is 12.3 Å². The summed E-state index contributed by atoms with van der Waals surface area (Å²) in [6.07, 6.45) is 4.86. The van der Waals surface area contributed by atoms with Crippen molar-refractivity contribution >= 4 is 21.8 Å². The fourth-order valence-corrected chi connectivity index (χ4v) is 3.43. The number of urea groups is 1. The van der Waals surface area contributed by atoms with Gasteiger partial charge in [0.25, 0.3) is 0 Å². The van der Waals surface area contributed by atoms with Crippen molar-refractivity contribution in [2.24, 2.45) is 0 Å². The summed E-state index contributed by atoms with van der Waals surface area (Å²) in [6, 6.07) is -1.42. The minimum Gasteiger partial charge on any atom is -0.481 e. The molecule has 0 spiro atoms. The molecule has 1 atom stereocenters. The quantitative estimate of drug-likeness (QED) is 0.695. The van der Waals surface area contributed by atoms with Crippen LogP contribution in [-0.4, -0.2) is 60.1 Å². The molecule has 0 aromatic carbocycles. The number of carbonyl (C=O) groups excluding carboxylic acids is 1. The van der Waals surface area contributed by atoms with Crippen LogP contribution in [0.1, 0.15) is 20.3 Å². The van der Waals surface area contributed by atoms with Crippen LogP contribution in [0, 0.1) is 12.3 Å². The molecule has 2 N–H and O–H groups in total. The number of carbonyl (C=O) groups is 2. The number of hydrogen-bond donors (Lipinski definition) is 2. The highest BCUT2D eigenvalue weighted by Crippen LogP contribution is 2.16. The Kier molecular flexibility index (Phi) is 4.65. The maximum atomic E-state index is 12.1. The van der Waals surface area contributed by atoms with Crippen LogP contribution in [0.3, 0.4) is 0 Å². The van der Waals surface area contributed by atoms with E-state index >= 15 is 0 Å². The summed E-state index contributed by atoms with van der Waals surface area (Å²) in [5.41, 5.74) is -0.888. The lowest BCUT2D eigenvalue weighted by molar-refractivity contribution is -0.138. The molecule has 1 rings (SSSR count). The van der Waals surface area contributed by atoms with E-state index in [1.807, 2.05) is 0 Å². The summed E-state index contributed by atoms with van der Waals surface area (Å²) >= 11 is 0. The molecule has 1 fully saturated rings. The first-order valence-corrected chi connectivity index (χ1v) is 7.87. The third-order valence-corrected chi connectivity index (χ3v) is 4.68. The van der Waals surface area contributed by atoms with Crippen LogP contribution in [0.25, 0.3) is 0 Å². The van der Waals surface area contributed by atoms with Gasteiger partial charge in [0, 0.05) is 6.54 Å². The van der Waals surface area contributed by atoms with E-state index in [0.29, 0.717) is 0 Å². The van der Waals surface area contributed by atoms with Crippen LogP contribution in [0.5, 0.6) is 0 Å². The van der Waals surface area contributed by atoms with Crippen LogP contribution in [0.2, 0.25) is 0 Å². The number of nitrogens with one attached hydrogen (secondary N) is 1. The molecule has 1 aliphatic heterocycles. The van der Waals surface area contributed by atoms with Gasteiger partial charge in [0.15, 0.2) is 9.84 Å². The van der Waals surface area contributed by atoms with Crippen molar-refractivity contribution < 1.29 is 23.1 Å². The SMILES string of the molecule is C#CC(C)(C)NC(=O)N1CCS(=O)(=O)CC1CC(=O)O. The van der Waals surface area contributed by atoms with E-state index in [-0.39, 0.29) is 18.1 Å². The third-order valence-electron chi connectivity index (χ3n) is 2.98. The number of nitrogens with zero attached hydrogens (tertiary/aromatic N) is 1. The summed E-state index contributed by atoms with van der Waals surface area (Å²) in [7, 11) is -3.32. The van der Waals surface area contributed by atoms with E-state index in [4.69, 9.17) is 11.5 Å². The van der Waals surface area contributed by atoms with Gasteiger partial charge in [0.1, 0.15) is 0 Å². The van der Waals surface area contributed by atoms with Crippen LogP contribution in [0.4, 0.5) is 4.79 Å². The number of hydrogen-bond acceptors (Lipinski definition) is 4. The Hall–Kier alpha value is -1.75. The molecule has 1 saturated heterocycles. The smallest absolute Gasteiger partial charge is 0.318 e. The number of rotatable bonds is 3. The molecule has 1 heterocycles. The zero-order valence-corrected chi connectivity index (χ0v) is 12.2. The highest BCUT2D eigenvalue weighted by Gasteiger charge is 2.36. The predicted octanol–water partition coefficient (Wildman–Crippen LogP) is -0.318. The second kappa shape index (κ2) is 5.71. The van der Waals surface area contributed by atoms with Gasteiger partial charge in [-0.3, -0.25) is 4.79 Å². The van der Waals surface area contributed by atoms with Crippen LogP contribution in [0.15, 0.2) is 0 Å². The first-order chi connectivity index (χ1) is 9.06. The molecule has 0 aromatic rings. The Morgan fingerprint density at radius 3 is 2.60 bits per heavy atom. The fourth-order valence-electron chi connectivity index (χ4n) is 1.90. The second-order valence-electron chi connectivity index (χ2n) is 5.26. The third kappa shape index (κ3) is 4.42. The van der Waals surface area contributed by atoms with E-state index in [0.717, 1.165) is 0 Å². The summed E-state index contributed by atoms with van der Waals surface area (Å²) in [5.74, 6) is 0.721. The van der Waals surface area contributed by atoms with Crippen LogP contribution in [-0.2, 0) is 14.6 Å². The maximum absolute atomic E-state index is 12.1. The van der Waals surface area contributed by atoms with Gasteiger partial charge < -0.3 is 15.3 Å². The number of amides is 2. The van der Waals surface area contributed by atoms with Gasteiger partial charge in [-0.2, -0.15) is 0 Å². The van der Waals surface area contributed by atoms with Gasteiger partial charge in [-0.15, -0.1) is 6.42 Å². The lowest BCUT2D eigenvalue weighted by Gasteiger charge is -2.36. The highest BCUT2D eigenvalue weighted by atomic mass is 32.2. The standard InChI is InChI=1S/C12H18N2O5S/c1-4-12(2,3)13-11(17)14-5-6-20(18,19)8-9(14)7-10(15)16/h1,9H,5-8H2,2-3H3,(H,13,17)(H,15,16). The van der Waals surface area contributed by atoms with Crippen molar-refractivity contribution in [1.82, 2.24) is 10.2 Å². The molecule has 0 aromatic heterocycles. The molecule has 1 unspecified atom stereocenters. The molecule has 0 radical (unpaired) electrons. The predicted molar refractivity (Wildman–Crippen MR) is 72.8 cm³/mol. The first-order valence-electron chi connectivity index (χ1n) is 6.05. The zero-order valence-electron chi connectivity index (χ0n) is 11.4. The van der Waals surface area contributed by atoms with E-state index in [1.54, 1.807) is 13.8 Å². The summed E-state index contributed by atoms with van der Waals surface area (Å²) in [4.78, 5) is 24.1. The van der Waals surface area contributed by atoms with Crippen LogP contribution < -0.4 is 5.32 Å². The van der Waals surface area contributed by atoms with Crippen LogP contribution >= 0.6 is 0 Å². The van der Waals surface area contributed by atoms with Gasteiger partial charge in [-0.05, 0) is 13.8 Å². The first kappa shape index (κ1) is 16.3. The van der Waals surface area contributed by atoms with Gasteiger partial charge in [-0.25, -0.2) is 13.2 Å². The summed E-state index contributed by atoms with van der Waals surface area (Å²) in [5, 5.41) is 11.4. The van der Waals surface area contributed by atoms with E-state index in [2.05, 4.69) is 11.2 Å². The molecule has 0 bridgehead atoms. The summed E-state index contributed by atoms with van der Waals surface area (Å²) < 4.78 is 23.1. The Morgan fingerprint density at radius 2 is 2.10 bits per heavy atom. The highest BCUT2D eigenvalue weighted by molar-refractivity contribution is 7.91. The normalized spacial score (nSPS) is 21.9. The van der Waals surface area contributed by atoms with E-state index < -0.39 is 39.8 Å². The van der Waals surface area contributed by atoms with Crippen molar-refractivity contribution in [2.75, 3.05) is 18.1 Å². The Labute approximate surface area is 118 Å². The monoisotopic (exact) mass is 302 g/mol. The Balaban J connectivity index is 2.88. The lowest BCUT2D eigenvalue weighted by Crippen LogP contribution is -2.58.